The van der Waals surface area contributed by atoms with E-state index in [-0.39, 0.29) is 11.8 Å². The molecule has 0 saturated carbocycles. The molecular formula is C24H31ClN2O3S. The van der Waals surface area contributed by atoms with Crippen molar-refractivity contribution in [2.45, 2.75) is 45.0 Å². The van der Waals surface area contributed by atoms with Gasteiger partial charge in [0, 0.05) is 23.9 Å². The molecule has 7 heteroatoms. The van der Waals surface area contributed by atoms with Gasteiger partial charge in [-0.15, -0.1) is 11.8 Å². The minimum Gasteiger partial charge on any atom is -0.497 e. The molecule has 0 unspecified atom stereocenters. The third-order valence-corrected chi connectivity index (χ3v) is 6.10. The number of methoxy groups -OCH3 is 1. The standard InChI is InChI=1S/C24H31ClN2O3S/c1-4-14-26-24(29)22(5-2)27(15-18-8-12-21(30-3)13-9-18)23(28)17-31-16-19-6-10-20(25)11-7-19/h6-13,22H,4-5,14-17H2,1-3H3,(H,26,29)/t22-/m1/s1. The highest BCUT2D eigenvalue weighted by molar-refractivity contribution is 7.99. The molecule has 0 heterocycles. The molecule has 2 aromatic rings. The predicted octanol–water partition coefficient (Wildman–Crippen LogP) is 4.92. The zero-order chi connectivity index (χ0) is 22.6. The van der Waals surface area contributed by atoms with E-state index in [2.05, 4.69) is 5.32 Å². The van der Waals surface area contributed by atoms with Crippen molar-refractivity contribution in [2.24, 2.45) is 0 Å². The monoisotopic (exact) mass is 462 g/mol. The maximum absolute atomic E-state index is 13.2. The van der Waals surface area contributed by atoms with E-state index in [0.29, 0.717) is 36.0 Å². The van der Waals surface area contributed by atoms with Crippen LogP contribution in [0.15, 0.2) is 48.5 Å². The molecule has 0 saturated heterocycles. The van der Waals surface area contributed by atoms with Crippen LogP contribution in [0.5, 0.6) is 5.75 Å². The lowest BCUT2D eigenvalue weighted by Crippen LogP contribution is -2.49. The van der Waals surface area contributed by atoms with Gasteiger partial charge in [-0.1, -0.05) is 49.7 Å². The number of ether oxygens (including phenoxy) is 1. The first-order valence-electron chi connectivity index (χ1n) is 10.5. The lowest BCUT2D eigenvalue weighted by molar-refractivity contribution is -0.139. The summed E-state index contributed by atoms with van der Waals surface area (Å²) in [5.41, 5.74) is 2.07. The lowest BCUT2D eigenvalue weighted by Gasteiger charge is -2.30. The van der Waals surface area contributed by atoms with Gasteiger partial charge in [-0.2, -0.15) is 0 Å². The maximum atomic E-state index is 13.2. The normalized spacial score (nSPS) is 11.6. The van der Waals surface area contributed by atoms with Crippen LogP contribution in [-0.2, 0) is 21.9 Å². The van der Waals surface area contributed by atoms with Gasteiger partial charge in [-0.25, -0.2) is 0 Å². The fourth-order valence-corrected chi connectivity index (χ4v) is 4.13. The Kier molecular flexibility index (Phi) is 10.7. The van der Waals surface area contributed by atoms with E-state index in [9.17, 15) is 9.59 Å². The molecule has 1 atom stereocenters. The van der Waals surface area contributed by atoms with Gasteiger partial charge < -0.3 is 15.0 Å². The van der Waals surface area contributed by atoms with Crippen LogP contribution in [0.4, 0.5) is 0 Å². The Labute approximate surface area is 194 Å². The zero-order valence-corrected chi connectivity index (χ0v) is 20.0. The Balaban J connectivity index is 2.10. The highest BCUT2D eigenvalue weighted by Gasteiger charge is 2.28. The summed E-state index contributed by atoms with van der Waals surface area (Å²) in [6.45, 7) is 4.92. The van der Waals surface area contributed by atoms with Crippen molar-refractivity contribution >= 4 is 35.2 Å². The van der Waals surface area contributed by atoms with Gasteiger partial charge in [0.25, 0.3) is 0 Å². The first kappa shape index (κ1) is 25.1. The Morgan fingerprint density at radius 2 is 1.71 bits per heavy atom. The first-order valence-corrected chi connectivity index (χ1v) is 12.0. The van der Waals surface area contributed by atoms with Crippen molar-refractivity contribution in [3.8, 4) is 5.75 Å². The molecular weight excluding hydrogens is 432 g/mol. The first-order chi connectivity index (χ1) is 15.0. The Morgan fingerprint density at radius 1 is 1.06 bits per heavy atom. The smallest absolute Gasteiger partial charge is 0.242 e. The fourth-order valence-electron chi connectivity index (χ4n) is 3.13. The van der Waals surface area contributed by atoms with Crippen molar-refractivity contribution in [1.82, 2.24) is 10.2 Å². The van der Waals surface area contributed by atoms with Gasteiger partial charge in [0.15, 0.2) is 0 Å². The van der Waals surface area contributed by atoms with Crippen LogP contribution >= 0.6 is 23.4 Å². The second kappa shape index (κ2) is 13.3. The summed E-state index contributed by atoms with van der Waals surface area (Å²) in [7, 11) is 1.62. The Hall–Kier alpha value is -2.18. The third-order valence-electron chi connectivity index (χ3n) is 4.85. The highest BCUT2D eigenvalue weighted by Crippen LogP contribution is 2.20. The number of nitrogens with zero attached hydrogens (tertiary/aromatic N) is 1. The molecule has 2 amide bonds. The molecule has 2 rings (SSSR count). The van der Waals surface area contributed by atoms with Gasteiger partial charge in [-0.3, -0.25) is 9.59 Å². The Morgan fingerprint density at radius 3 is 2.29 bits per heavy atom. The SMILES string of the molecule is CCCNC(=O)[C@@H](CC)N(Cc1ccc(OC)cc1)C(=O)CSCc1ccc(Cl)cc1. The van der Waals surface area contributed by atoms with Crippen LogP contribution in [0.3, 0.4) is 0 Å². The Bertz CT molecular complexity index is 828. The van der Waals surface area contributed by atoms with Crippen LogP contribution in [0, 0.1) is 0 Å². The zero-order valence-electron chi connectivity index (χ0n) is 18.4. The quantitative estimate of drug-likeness (QED) is 0.486. The van der Waals surface area contributed by atoms with Crippen LogP contribution in [0.25, 0.3) is 0 Å². The summed E-state index contributed by atoms with van der Waals surface area (Å²) in [6, 6.07) is 14.7. The third kappa shape index (κ3) is 8.11. The number of nitrogens with one attached hydrogen (secondary N) is 1. The number of carbonyl (C=O) groups excluding carboxylic acids is 2. The van der Waals surface area contributed by atoms with E-state index < -0.39 is 6.04 Å². The second-order valence-electron chi connectivity index (χ2n) is 7.20. The van der Waals surface area contributed by atoms with E-state index in [1.54, 1.807) is 12.0 Å². The van der Waals surface area contributed by atoms with E-state index in [0.717, 1.165) is 23.3 Å². The molecule has 2 aromatic carbocycles. The van der Waals surface area contributed by atoms with E-state index in [1.165, 1.54) is 11.8 Å². The number of hydrogen-bond acceptors (Lipinski definition) is 4. The predicted molar refractivity (Wildman–Crippen MR) is 129 cm³/mol. The van der Waals surface area contributed by atoms with Crippen LogP contribution in [0.2, 0.25) is 5.02 Å². The number of rotatable bonds is 12. The van der Waals surface area contributed by atoms with E-state index in [1.807, 2.05) is 62.4 Å². The summed E-state index contributed by atoms with van der Waals surface area (Å²) < 4.78 is 5.22. The van der Waals surface area contributed by atoms with Gasteiger partial charge in [0.05, 0.1) is 12.9 Å². The molecule has 5 nitrogen and oxygen atoms in total. The summed E-state index contributed by atoms with van der Waals surface area (Å²) in [5, 5.41) is 3.63. The molecule has 0 spiro atoms. The molecule has 0 aliphatic rings. The second-order valence-corrected chi connectivity index (χ2v) is 8.63. The van der Waals surface area contributed by atoms with Crippen molar-refractivity contribution in [1.29, 1.82) is 0 Å². The number of carbonyl (C=O) groups is 2. The van der Waals surface area contributed by atoms with Crippen molar-refractivity contribution in [3.05, 3.63) is 64.7 Å². The molecule has 0 bridgehead atoms. The van der Waals surface area contributed by atoms with Crippen molar-refractivity contribution in [2.75, 3.05) is 19.4 Å². The molecule has 0 radical (unpaired) electrons. The van der Waals surface area contributed by atoms with Crippen molar-refractivity contribution in [3.63, 3.8) is 0 Å². The lowest BCUT2D eigenvalue weighted by atomic mass is 10.1. The average Bonchev–Trinajstić information content (AvgIpc) is 2.79. The number of hydrogen-bond donors (Lipinski definition) is 1. The maximum Gasteiger partial charge on any atom is 0.242 e. The van der Waals surface area contributed by atoms with Gasteiger partial charge in [0.2, 0.25) is 11.8 Å². The fraction of sp³-hybridized carbons (Fsp3) is 0.417. The topological polar surface area (TPSA) is 58.6 Å². The minimum absolute atomic E-state index is 0.0479. The number of benzene rings is 2. The van der Waals surface area contributed by atoms with Crippen LogP contribution in [-0.4, -0.2) is 42.2 Å². The molecule has 0 aliphatic carbocycles. The van der Waals surface area contributed by atoms with Gasteiger partial charge in [-0.05, 0) is 48.2 Å². The summed E-state index contributed by atoms with van der Waals surface area (Å²) in [6.07, 6.45) is 1.41. The number of amides is 2. The number of thioether (sulfide) groups is 1. The van der Waals surface area contributed by atoms with E-state index in [4.69, 9.17) is 16.3 Å². The van der Waals surface area contributed by atoms with E-state index >= 15 is 0 Å². The summed E-state index contributed by atoms with van der Waals surface area (Å²) in [4.78, 5) is 27.6. The largest absolute Gasteiger partial charge is 0.497 e. The number of halogens is 1. The summed E-state index contributed by atoms with van der Waals surface area (Å²) >= 11 is 7.47. The van der Waals surface area contributed by atoms with Gasteiger partial charge in [0.1, 0.15) is 11.8 Å². The average molecular weight is 463 g/mol. The van der Waals surface area contributed by atoms with Gasteiger partial charge >= 0.3 is 0 Å². The highest BCUT2D eigenvalue weighted by atomic mass is 35.5. The molecule has 168 valence electrons. The molecule has 0 aromatic heterocycles. The van der Waals surface area contributed by atoms with Crippen LogP contribution in [0.1, 0.15) is 37.8 Å². The minimum atomic E-state index is -0.503. The summed E-state index contributed by atoms with van der Waals surface area (Å²) in [5.74, 6) is 1.61. The molecule has 1 N–H and O–H groups in total. The van der Waals surface area contributed by atoms with Crippen molar-refractivity contribution < 1.29 is 14.3 Å². The molecule has 0 aliphatic heterocycles. The molecule has 31 heavy (non-hydrogen) atoms. The molecule has 0 fully saturated rings. The van der Waals surface area contributed by atoms with Crippen LogP contribution < -0.4 is 10.1 Å².